The summed E-state index contributed by atoms with van der Waals surface area (Å²) in [7, 11) is -2.14. The number of carbonyl (C=O) groups excluding carboxylic acids is 1. The Morgan fingerprint density at radius 3 is 2.58 bits per heavy atom. The second-order valence-corrected chi connectivity index (χ2v) is 9.84. The minimum absolute atomic E-state index is 0.0695. The van der Waals surface area contributed by atoms with Crippen LogP contribution in [-0.2, 0) is 28.4 Å². The third-order valence-corrected chi connectivity index (χ3v) is 7.60. The van der Waals surface area contributed by atoms with Crippen molar-refractivity contribution in [2.75, 3.05) is 13.1 Å². The number of nitrogens with one attached hydrogen (secondary N) is 1. The highest BCUT2D eigenvalue weighted by molar-refractivity contribution is 7.89. The molecule has 1 aliphatic heterocycles. The Hall–Kier alpha value is -2.85. The maximum absolute atomic E-state index is 13.0. The van der Waals surface area contributed by atoms with Crippen molar-refractivity contribution in [3.63, 3.8) is 0 Å². The van der Waals surface area contributed by atoms with Gasteiger partial charge in [-0.3, -0.25) is 9.36 Å². The number of furan rings is 1. The number of rotatable bonds is 6. The molecule has 9 nitrogen and oxygen atoms in total. The number of sulfonamides is 1. The van der Waals surface area contributed by atoms with E-state index in [2.05, 4.69) is 5.32 Å². The van der Waals surface area contributed by atoms with Crippen LogP contribution in [0.5, 0.6) is 0 Å². The maximum Gasteiger partial charge on any atom is 0.419 e. The van der Waals surface area contributed by atoms with Gasteiger partial charge in [-0.25, -0.2) is 13.2 Å². The fourth-order valence-electron chi connectivity index (χ4n) is 3.88. The molecule has 3 aromatic rings. The molecule has 1 aromatic carbocycles. The summed E-state index contributed by atoms with van der Waals surface area (Å²) in [4.78, 5) is 24.0. The number of aryl methyl sites for hydroxylation is 2. The van der Waals surface area contributed by atoms with Gasteiger partial charge < -0.3 is 14.2 Å². The van der Waals surface area contributed by atoms with Crippen molar-refractivity contribution < 1.29 is 22.0 Å². The van der Waals surface area contributed by atoms with Crippen molar-refractivity contribution in [3.05, 3.63) is 52.4 Å². The van der Waals surface area contributed by atoms with Crippen LogP contribution in [0.15, 0.2) is 48.9 Å². The third kappa shape index (κ3) is 4.45. The SMILES string of the molecule is Cc1ccc(CNC(=O)CC2CCN(S(=O)(=O)c3ccc4c(c3)oc(=O)n4C)CC2)o1. The summed E-state index contributed by atoms with van der Waals surface area (Å²) in [5.41, 5.74) is 0.783. The molecule has 1 amide bonds. The molecular formula is C21H25N3O6S. The molecule has 1 N–H and O–H groups in total. The first kappa shape index (κ1) is 21.4. The van der Waals surface area contributed by atoms with Gasteiger partial charge in [0.15, 0.2) is 5.58 Å². The van der Waals surface area contributed by atoms with Crippen LogP contribution in [0.25, 0.3) is 11.1 Å². The van der Waals surface area contributed by atoms with Crippen molar-refractivity contribution in [2.24, 2.45) is 13.0 Å². The van der Waals surface area contributed by atoms with E-state index >= 15 is 0 Å². The average Bonchev–Trinajstić information content (AvgIpc) is 3.29. The zero-order valence-corrected chi connectivity index (χ0v) is 18.3. The Kier molecular flexibility index (Phi) is 5.76. The fourth-order valence-corrected chi connectivity index (χ4v) is 5.36. The molecule has 0 atom stereocenters. The van der Waals surface area contributed by atoms with Gasteiger partial charge in [0.1, 0.15) is 11.5 Å². The number of nitrogens with zero attached hydrogens (tertiary/aromatic N) is 2. The molecule has 31 heavy (non-hydrogen) atoms. The first-order valence-corrected chi connectivity index (χ1v) is 11.6. The molecule has 1 saturated heterocycles. The molecule has 1 aliphatic rings. The van der Waals surface area contributed by atoms with Gasteiger partial charge in [-0.1, -0.05) is 0 Å². The minimum Gasteiger partial charge on any atom is -0.465 e. The summed E-state index contributed by atoms with van der Waals surface area (Å²) in [6, 6.07) is 8.13. The topological polar surface area (TPSA) is 115 Å². The van der Waals surface area contributed by atoms with Gasteiger partial charge in [0.25, 0.3) is 0 Å². The molecular weight excluding hydrogens is 422 g/mol. The molecule has 10 heteroatoms. The summed E-state index contributed by atoms with van der Waals surface area (Å²) in [6.07, 6.45) is 1.57. The molecule has 166 valence electrons. The van der Waals surface area contributed by atoms with E-state index in [9.17, 15) is 18.0 Å². The third-order valence-electron chi connectivity index (χ3n) is 5.70. The smallest absolute Gasteiger partial charge is 0.419 e. The van der Waals surface area contributed by atoms with Crippen LogP contribution in [0.3, 0.4) is 0 Å². The normalized spacial score (nSPS) is 16.1. The number of amides is 1. The zero-order valence-electron chi connectivity index (χ0n) is 17.5. The number of hydrogen-bond acceptors (Lipinski definition) is 6. The number of benzene rings is 1. The van der Waals surface area contributed by atoms with E-state index < -0.39 is 15.8 Å². The summed E-state index contributed by atoms with van der Waals surface area (Å²) in [5.74, 6) is 1.02. The van der Waals surface area contributed by atoms with E-state index in [1.165, 1.54) is 21.0 Å². The fraction of sp³-hybridized carbons (Fsp3) is 0.429. The highest BCUT2D eigenvalue weighted by atomic mass is 32.2. The zero-order chi connectivity index (χ0) is 22.2. The predicted octanol–water partition coefficient (Wildman–Crippen LogP) is 2.14. The highest BCUT2D eigenvalue weighted by Crippen LogP contribution is 2.27. The molecule has 0 spiro atoms. The van der Waals surface area contributed by atoms with E-state index in [4.69, 9.17) is 8.83 Å². The summed E-state index contributed by atoms with van der Waals surface area (Å²) in [6.45, 7) is 2.88. The van der Waals surface area contributed by atoms with Gasteiger partial charge in [-0.15, -0.1) is 0 Å². The monoisotopic (exact) mass is 447 g/mol. The van der Waals surface area contributed by atoms with Gasteiger partial charge in [0.05, 0.1) is 17.0 Å². The van der Waals surface area contributed by atoms with E-state index in [1.807, 2.05) is 19.1 Å². The molecule has 0 unspecified atom stereocenters. The molecule has 0 bridgehead atoms. The van der Waals surface area contributed by atoms with Crippen molar-refractivity contribution >= 4 is 27.0 Å². The summed E-state index contributed by atoms with van der Waals surface area (Å²) < 4.78 is 39.4. The highest BCUT2D eigenvalue weighted by Gasteiger charge is 2.30. The van der Waals surface area contributed by atoms with Crippen molar-refractivity contribution in [2.45, 2.75) is 37.6 Å². The van der Waals surface area contributed by atoms with Crippen LogP contribution in [0.4, 0.5) is 0 Å². The molecule has 2 aromatic heterocycles. The Morgan fingerprint density at radius 1 is 1.16 bits per heavy atom. The van der Waals surface area contributed by atoms with E-state index in [0.717, 1.165) is 5.76 Å². The summed E-state index contributed by atoms with van der Waals surface area (Å²) >= 11 is 0. The van der Waals surface area contributed by atoms with Crippen molar-refractivity contribution in [3.8, 4) is 0 Å². The number of piperidine rings is 1. The Morgan fingerprint density at radius 2 is 1.90 bits per heavy atom. The number of hydrogen-bond donors (Lipinski definition) is 1. The largest absolute Gasteiger partial charge is 0.465 e. The van der Waals surface area contributed by atoms with Crippen LogP contribution in [0.1, 0.15) is 30.8 Å². The van der Waals surface area contributed by atoms with E-state index in [0.29, 0.717) is 50.2 Å². The van der Waals surface area contributed by atoms with Gasteiger partial charge in [0, 0.05) is 32.6 Å². The lowest BCUT2D eigenvalue weighted by atomic mass is 9.94. The summed E-state index contributed by atoms with van der Waals surface area (Å²) in [5, 5.41) is 2.85. The molecule has 0 aliphatic carbocycles. The lowest BCUT2D eigenvalue weighted by molar-refractivity contribution is -0.122. The molecule has 0 radical (unpaired) electrons. The Balaban J connectivity index is 1.34. The van der Waals surface area contributed by atoms with Gasteiger partial charge >= 0.3 is 5.76 Å². The number of aromatic nitrogens is 1. The minimum atomic E-state index is -3.70. The second kappa shape index (κ2) is 8.35. The second-order valence-electron chi connectivity index (χ2n) is 7.90. The molecule has 4 rings (SSSR count). The average molecular weight is 448 g/mol. The lowest BCUT2D eigenvalue weighted by Crippen LogP contribution is -2.39. The number of fused-ring (bicyclic) bond motifs is 1. The van der Waals surface area contributed by atoms with Gasteiger partial charge in [-0.05, 0) is 49.9 Å². The van der Waals surface area contributed by atoms with Crippen LogP contribution in [0.2, 0.25) is 0 Å². The van der Waals surface area contributed by atoms with E-state index in [1.54, 1.807) is 13.1 Å². The molecule has 0 saturated carbocycles. The van der Waals surface area contributed by atoms with Crippen LogP contribution in [0, 0.1) is 12.8 Å². The number of carbonyl (C=O) groups is 1. The number of oxazole rings is 1. The van der Waals surface area contributed by atoms with E-state index in [-0.39, 0.29) is 22.3 Å². The quantitative estimate of drug-likeness (QED) is 0.619. The standard InChI is InChI=1S/C21H25N3O6S/c1-14-3-4-16(29-14)13-22-20(25)11-15-7-9-24(10-8-15)31(27,28)17-5-6-18-19(12-17)30-21(26)23(18)2/h3-6,12,15H,7-11,13H2,1-2H3,(H,22,25). The lowest BCUT2D eigenvalue weighted by Gasteiger charge is -2.30. The van der Waals surface area contributed by atoms with Crippen LogP contribution < -0.4 is 11.1 Å². The molecule has 3 heterocycles. The van der Waals surface area contributed by atoms with Crippen LogP contribution in [-0.4, -0.2) is 36.3 Å². The predicted molar refractivity (Wildman–Crippen MR) is 113 cm³/mol. The van der Waals surface area contributed by atoms with Crippen molar-refractivity contribution in [1.82, 2.24) is 14.2 Å². The Bertz CT molecular complexity index is 1260. The van der Waals surface area contributed by atoms with Gasteiger partial charge in [0.2, 0.25) is 15.9 Å². The Labute approximate surface area is 179 Å². The first-order valence-electron chi connectivity index (χ1n) is 10.2. The molecule has 1 fully saturated rings. The van der Waals surface area contributed by atoms with Gasteiger partial charge in [-0.2, -0.15) is 4.31 Å². The maximum atomic E-state index is 13.0. The van der Waals surface area contributed by atoms with Crippen LogP contribution >= 0.6 is 0 Å². The first-order chi connectivity index (χ1) is 14.7. The van der Waals surface area contributed by atoms with Crippen molar-refractivity contribution in [1.29, 1.82) is 0 Å².